The maximum Gasteiger partial charge on any atom is 0.227 e. The van der Waals surface area contributed by atoms with E-state index >= 15 is 0 Å². The second kappa shape index (κ2) is 9.99. The van der Waals surface area contributed by atoms with Crippen LogP contribution in [0.2, 0.25) is 5.02 Å². The van der Waals surface area contributed by atoms with Gasteiger partial charge in [0.05, 0.1) is 29.6 Å². The topological polar surface area (TPSA) is 73.4 Å². The molecule has 1 saturated heterocycles. The summed E-state index contributed by atoms with van der Waals surface area (Å²) < 4.78 is 12.9. The number of hydrogen-bond donors (Lipinski definition) is 0. The molecule has 8 heteroatoms. The fourth-order valence-electron chi connectivity index (χ4n) is 5.18. The number of carbonyl (C=O) groups excluding carboxylic acids is 1. The number of aryl methyl sites for hydroxylation is 3. The number of methoxy groups -OCH3 is 1. The van der Waals surface area contributed by atoms with Crippen LogP contribution in [0, 0.1) is 6.92 Å². The SMILES string of the molecule is COc1ccc(N2C(=O)CC[C@H]2c2nc(-c3ccc4onc(C)c4c3)cn2CCc2ccccc2)cc1Cl. The summed E-state index contributed by atoms with van der Waals surface area (Å²) >= 11 is 6.44. The molecule has 0 radical (unpaired) electrons. The Labute approximate surface area is 225 Å². The number of hydrogen-bond acceptors (Lipinski definition) is 5. The minimum absolute atomic E-state index is 0.0527. The Balaban J connectivity index is 1.41. The number of ether oxygens (including phenoxy) is 1. The van der Waals surface area contributed by atoms with Crippen LogP contribution in [0.4, 0.5) is 5.69 Å². The molecule has 6 rings (SSSR count). The summed E-state index contributed by atoms with van der Waals surface area (Å²) in [6.07, 6.45) is 4.06. The van der Waals surface area contributed by atoms with Crippen LogP contribution in [-0.4, -0.2) is 27.7 Å². The molecular weight excluding hydrogens is 500 g/mol. The number of halogens is 1. The monoisotopic (exact) mass is 526 g/mol. The van der Waals surface area contributed by atoms with Crippen LogP contribution in [0.15, 0.2) is 77.4 Å². The molecule has 38 heavy (non-hydrogen) atoms. The number of fused-ring (bicyclic) bond motifs is 1. The van der Waals surface area contributed by atoms with Gasteiger partial charge in [-0.25, -0.2) is 4.98 Å². The summed E-state index contributed by atoms with van der Waals surface area (Å²) in [4.78, 5) is 20.1. The Morgan fingerprint density at radius 3 is 2.74 bits per heavy atom. The van der Waals surface area contributed by atoms with Crippen molar-refractivity contribution in [2.24, 2.45) is 0 Å². The molecule has 1 atom stereocenters. The number of anilines is 1. The van der Waals surface area contributed by atoms with Gasteiger partial charge in [-0.3, -0.25) is 4.79 Å². The van der Waals surface area contributed by atoms with Crippen LogP contribution in [-0.2, 0) is 17.8 Å². The van der Waals surface area contributed by atoms with Gasteiger partial charge in [0, 0.05) is 35.8 Å². The van der Waals surface area contributed by atoms with Crippen molar-refractivity contribution in [2.45, 2.75) is 38.8 Å². The first-order valence-electron chi connectivity index (χ1n) is 12.6. The number of imidazole rings is 1. The van der Waals surface area contributed by atoms with Crippen molar-refractivity contribution in [1.29, 1.82) is 0 Å². The van der Waals surface area contributed by atoms with E-state index in [1.807, 2.05) is 36.1 Å². The Hall–Kier alpha value is -4.10. The molecule has 3 aromatic carbocycles. The molecule has 0 bridgehead atoms. The summed E-state index contributed by atoms with van der Waals surface area (Å²) in [5, 5.41) is 5.52. The van der Waals surface area contributed by atoms with E-state index in [2.05, 4.69) is 46.3 Å². The van der Waals surface area contributed by atoms with Crippen molar-refractivity contribution in [1.82, 2.24) is 14.7 Å². The molecule has 0 saturated carbocycles. The fourth-order valence-corrected chi connectivity index (χ4v) is 5.44. The number of aromatic nitrogens is 3. The summed E-state index contributed by atoms with van der Waals surface area (Å²) in [6, 6.07) is 21.6. The minimum atomic E-state index is -0.211. The third-order valence-electron chi connectivity index (χ3n) is 7.16. The van der Waals surface area contributed by atoms with Crippen LogP contribution in [0.1, 0.15) is 36.0 Å². The first-order chi connectivity index (χ1) is 18.5. The van der Waals surface area contributed by atoms with Gasteiger partial charge in [-0.15, -0.1) is 0 Å². The average Bonchev–Trinajstić information content (AvgIpc) is 3.64. The molecule has 2 aromatic heterocycles. The van der Waals surface area contributed by atoms with E-state index < -0.39 is 0 Å². The summed E-state index contributed by atoms with van der Waals surface area (Å²) in [7, 11) is 1.58. The second-order valence-corrected chi connectivity index (χ2v) is 9.94. The highest BCUT2D eigenvalue weighted by atomic mass is 35.5. The van der Waals surface area contributed by atoms with Gasteiger partial charge in [0.2, 0.25) is 5.91 Å². The Kier molecular flexibility index (Phi) is 6.37. The lowest BCUT2D eigenvalue weighted by atomic mass is 10.1. The summed E-state index contributed by atoms with van der Waals surface area (Å²) in [6.45, 7) is 2.67. The Morgan fingerprint density at radius 2 is 1.95 bits per heavy atom. The number of amides is 1. The molecule has 0 spiro atoms. The second-order valence-electron chi connectivity index (χ2n) is 9.53. The minimum Gasteiger partial charge on any atom is -0.495 e. The van der Waals surface area contributed by atoms with E-state index in [4.69, 9.17) is 25.8 Å². The normalized spacial score (nSPS) is 15.5. The molecule has 0 unspecified atom stereocenters. The van der Waals surface area contributed by atoms with Gasteiger partial charge in [0.25, 0.3) is 0 Å². The molecule has 7 nitrogen and oxygen atoms in total. The number of carbonyl (C=O) groups is 1. The number of rotatable bonds is 7. The Morgan fingerprint density at radius 1 is 1.11 bits per heavy atom. The van der Waals surface area contributed by atoms with Crippen molar-refractivity contribution >= 4 is 34.2 Å². The van der Waals surface area contributed by atoms with Gasteiger partial charge < -0.3 is 18.7 Å². The van der Waals surface area contributed by atoms with Crippen LogP contribution < -0.4 is 9.64 Å². The molecule has 0 aliphatic carbocycles. The van der Waals surface area contributed by atoms with Gasteiger partial charge in [0.1, 0.15) is 11.6 Å². The lowest BCUT2D eigenvalue weighted by Gasteiger charge is -2.25. The predicted molar refractivity (Wildman–Crippen MR) is 148 cm³/mol. The Bertz CT molecular complexity index is 1630. The highest BCUT2D eigenvalue weighted by Gasteiger charge is 2.36. The molecular formula is C30H27ClN4O3. The van der Waals surface area contributed by atoms with Crippen molar-refractivity contribution in [3.8, 4) is 17.0 Å². The predicted octanol–water partition coefficient (Wildman–Crippen LogP) is 6.77. The number of nitrogens with zero attached hydrogens (tertiary/aromatic N) is 4. The molecule has 5 aromatic rings. The van der Waals surface area contributed by atoms with Crippen molar-refractivity contribution < 1.29 is 14.1 Å². The van der Waals surface area contributed by atoms with E-state index in [0.717, 1.165) is 52.4 Å². The first kappa shape index (κ1) is 24.2. The summed E-state index contributed by atoms with van der Waals surface area (Å²) in [5.41, 5.74) is 5.41. The van der Waals surface area contributed by atoms with Crippen LogP contribution in [0.25, 0.3) is 22.2 Å². The largest absolute Gasteiger partial charge is 0.495 e. The number of benzene rings is 3. The van der Waals surface area contributed by atoms with Gasteiger partial charge in [-0.1, -0.05) is 47.1 Å². The van der Waals surface area contributed by atoms with Gasteiger partial charge >= 0.3 is 0 Å². The standard InChI is InChI=1S/C30H27ClN4O3/c1-19-23-16-21(8-11-27(23)38-33-19)25-18-34(15-14-20-6-4-3-5-7-20)30(32-25)26-10-13-29(36)35(26)22-9-12-28(37-2)24(31)17-22/h3-9,11-12,16-18,26H,10,13-15H2,1-2H3/t26-/m0/s1. The molecule has 3 heterocycles. The molecule has 1 fully saturated rings. The highest BCUT2D eigenvalue weighted by molar-refractivity contribution is 6.32. The van der Waals surface area contributed by atoms with Gasteiger partial charge in [-0.05, 0) is 61.7 Å². The van der Waals surface area contributed by atoms with Crippen LogP contribution in [0.3, 0.4) is 0 Å². The van der Waals surface area contributed by atoms with Crippen LogP contribution in [0.5, 0.6) is 5.75 Å². The maximum atomic E-state index is 13.1. The summed E-state index contributed by atoms with van der Waals surface area (Å²) in [5.74, 6) is 1.48. The zero-order valence-corrected chi connectivity index (χ0v) is 22.0. The quantitative estimate of drug-likeness (QED) is 0.234. The van der Waals surface area contributed by atoms with Crippen molar-refractivity contribution in [3.63, 3.8) is 0 Å². The van der Waals surface area contributed by atoms with Crippen molar-refractivity contribution in [2.75, 3.05) is 12.0 Å². The van der Waals surface area contributed by atoms with Crippen LogP contribution >= 0.6 is 11.6 Å². The maximum absolute atomic E-state index is 13.1. The first-order valence-corrected chi connectivity index (χ1v) is 13.0. The van der Waals surface area contributed by atoms with Gasteiger partial charge in [-0.2, -0.15) is 0 Å². The zero-order valence-electron chi connectivity index (χ0n) is 21.2. The van der Waals surface area contributed by atoms with Crippen molar-refractivity contribution in [3.05, 3.63) is 95.0 Å². The lowest BCUT2D eigenvalue weighted by Crippen LogP contribution is -2.29. The molecule has 1 amide bonds. The van der Waals surface area contributed by atoms with E-state index in [0.29, 0.717) is 23.6 Å². The molecule has 1 aliphatic rings. The van der Waals surface area contributed by atoms with Gasteiger partial charge in [0.15, 0.2) is 5.58 Å². The molecule has 192 valence electrons. The van der Waals surface area contributed by atoms with E-state index in [-0.39, 0.29) is 11.9 Å². The fraction of sp³-hybridized carbons (Fsp3) is 0.233. The lowest BCUT2D eigenvalue weighted by molar-refractivity contribution is -0.117. The highest BCUT2D eigenvalue weighted by Crippen LogP contribution is 2.40. The third-order valence-corrected chi connectivity index (χ3v) is 7.46. The van der Waals surface area contributed by atoms with E-state index in [1.165, 1.54) is 5.56 Å². The zero-order chi connectivity index (χ0) is 26.2. The third kappa shape index (κ3) is 4.43. The van der Waals surface area contributed by atoms with E-state index in [9.17, 15) is 4.79 Å². The average molecular weight is 527 g/mol. The molecule has 1 aliphatic heterocycles. The smallest absolute Gasteiger partial charge is 0.227 e. The molecule has 0 N–H and O–H groups in total. The van der Waals surface area contributed by atoms with E-state index in [1.54, 1.807) is 19.2 Å².